The molecule has 0 unspecified atom stereocenters. The monoisotopic (exact) mass is 296 g/mol. The molecule has 0 aromatic carbocycles. The maximum absolute atomic E-state index is 6.15. The van der Waals surface area contributed by atoms with E-state index in [1.165, 1.54) is 15.3 Å². The van der Waals surface area contributed by atoms with E-state index in [2.05, 4.69) is 50.9 Å². The van der Waals surface area contributed by atoms with E-state index in [0.29, 0.717) is 0 Å². The summed E-state index contributed by atoms with van der Waals surface area (Å²) < 4.78 is 6.15. The lowest BCUT2D eigenvalue weighted by molar-refractivity contribution is -0.182. The van der Waals surface area contributed by atoms with Crippen molar-refractivity contribution in [2.45, 2.75) is 58.9 Å². The number of thiophene rings is 1. The van der Waals surface area contributed by atoms with Crippen LogP contribution in [0.25, 0.3) is 0 Å². The summed E-state index contributed by atoms with van der Waals surface area (Å²) in [7, 11) is 2.00. The maximum Gasteiger partial charge on any atom is 0.0760 e. The lowest BCUT2D eigenvalue weighted by Gasteiger charge is -2.47. The van der Waals surface area contributed by atoms with Crippen LogP contribution in [-0.2, 0) is 17.8 Å². The quantitative estimate of drug-likeness (QED) is 0.923. The Bertz CT molecular complexity index is 449. The minimum absolute atomic E-state index is 0.0700. The highest BCUT2D eigenvalue weighted by molar-refractivity contribution is 7.12. The van der Waals surface area contributed by atoms with Crippen LogP contribution in [0, 0.1) is 6.92 Å². The molecule has 1 aliphatic rings. The summed E-state index contributed by atoms with van der Waals surface area (Å²) in [5.74, 6) is 0. The van der Waals surface area contributed by atoms with Gasteiger partial charge in [-0.15, -0.1) is 11.3 Å². The third kappa shape index (κ3) is 4.04. The second-order valence-electron chi connectivity index (χ2n) is 7.09. The molecule has 4 heteroatoms. The van der Waals surface area contributed by atoms with E-state index in [0.717, 1.165) is 26.2 Å². The summed E-state index contributed by atoms with van der Waals surface area (Å²) in [6.45, 7) is 15.0. The van der Waals surface area contributed by atoms with Crippen LogP contribution < -0.4 is 5.32 Å². The molecule has 0 bridgehead atoms. The Morgan fingerprint density at radius 3 is 2.40 bits per heavy atom. The Balaban J connectivity index is 2.09. The normalized spacial score (nSPS) is 22.1. The van der Waals surface area contributed by atoms with Crippen molar-refractivity contribution in [1.82, 2.24) is 10.2 Å². The maximum atomic E-state index is 6.15. The van der Waals surface area contributed by atoms with Crippen molar-refractivity contribution >= 4 is 11.3 Å². The lowest BCUT2D eigenvalue weighted by Crippen LogP contribution is -2.56. The van der Waals surface area contributed by atoms with Crippen molar-refractivity contribution in [3.05, 3.63) is 21.4 Å². The Kier molecular flexibility index (Phi) is 4.59. The number of nitrogens with one attached hydrogen (secondary N) is 1. The van der Waals surface area contributed by atoms with Crippen LogP contribution in [0.1, 0.15) is 43.0 Å². The molecule has 1 aromatic heterocycles. The van der Waals surface area contributed by atoms with Crippen molar-refractivity contribution in [2.75, 3.05) is 20.1 Å². The molecule has 2 heterocycles. The highest BCUT2D eigenvalue weighted by atomic mass is 32.1. The second-order valence-corrected chi connectivity index (χ2v) is 8.43. The number of ether oxygens (including phenoxy) is 1. The van der Waals surface area contributed by atoms with Crippen LogP contribution in [0.15, 0.2) is 6.07 Å². The topological polar surface area (TPSA) is 24.5 Å². The number of hydrogen-bond acceptors (Lipinski definition) is 4. The van der Waals surface area contributed by atoms with E-state index < -0.39 is 0 Å². The summed E-state index contributed by atoms with van der Waals surface area (Å²) in [6.07, 6.45) is 0. The molecule has 0 radical (unpaired) electrons. The molecule has 0 spiro atoms. The Morgan fingerprint density at radius 2 is 1.85 bits per heavy atom. The van der Waals surface area contributed by atoms with Crippen LogP contribution in [0.2, 0.25) is 0 Å². The van der Waals surface area contributed by atoms with Gasteiger partial charge in [-0.3, -0.25) is 4.90 Å². The van der Waals surface area contributed by atoms with Gasteiger partial charge < -0.3 is 10.1 Å². The van der Waals surface area contributed by atoms with Gasteiger partial charge in [-0.05, 0) is 53.3 Å². The largest absolute Gasteiger partial charge is 0.367 e. The van der Waals surface area contributed by atoms with Gasteiger partial charge in [0.1, 0.15) is 0 Å². The fraction of sp³-hybridized carbons (Fsp3) is 0.750. The van der Waals surface area contributed by atoms with Crippen molar-refractivity contribution in [1.29, 1.82) is 0 Å². The highest BCUT2D eigenvalue weighted by Gasteiger charge is 2.38. The smallest absolute Gasteiger partial charge is 0.0760 e. The first-order valence-corrected chi connectivity index (χ1v) is 8.18. The molecule has 0 aliphatic carbocycles. The summed E-state index contributed by atoms with van der Waals surface area (Å²) in [5.41, 5.74) is 1.33. The molecule has 114 valence electrons. The fourth-order valence-electron chi connectivity index (χ4n) is 3.30. The molecule has 2 rings (SSSR count). The van der Waals surface area contributed by atoms with E-state index >= 15 is 0 Å². The molecule has 1 fully saturated rings. The minimum Gasteiger partial charge on any atom is -0.367 e. The molecular formula is C16H28N2OS. The number of hydrogen-bond donors (Lipinski definition) is 1. The summed E-state index contributed by atoms with van der Waals surface area (Å²) >= 11 is 1.91. The second kappa shape index (κ2) is 5.76. The molecule has 0 atom stereocenters. The van der Waals surface area contributed by atoms with E-state index in [1.54, 1.807) is 0 Å². The van der Waals surface area contributed by atoms with E-state index in [1.807, 2.05) is 18.4 Å². The Morgan fingerprint density at radius 1 is 1.25 bits per heavy atom. The first kappa shape index (κ1) is 16.0. The van der Waals surface area contributed by atoms with Crippen LogP contribution in [-0.4, -0.2) is 36.2 Å². The number of rotatable bonds is 4. The number of aryl methyl sites for hydroxylation is 1. The molecule has 1 saturated heterocycles. The molecular weight excluding hydrogens is 268 g/mol. The van der Waals surface area contributed by atoms with Gasteiger partial charge in [-0.1, -0.05) is 0 Å². The van der Waals surface area contributed by atoms with Crippen molar-refractivity contribution in [3.8, 4) is 0 Å². The van der Waals surface area contributed by atoms with Crippen molar-refractivity contribution in [2.24, 2.45) is 0 Å². The van der Waals surface area contributed by atoms with E-state index in [9.17, 15) is 0 Å². The zero-order valence-electron chi connectivity index (χ0n) is 13.7. The van der Waals surface area contributed by atoms with Crippen LogP contribution in [0.4, 0.5) is 0 Å². The highest BCUT2D eigenvalue weighted by Crippen LogP contribution is 2.30. The zero-order chi connectivity index (χ0) is 15.0. The van der Waals surface area contributed by atoms with Crippen LogP contribution in [0.5, 0.6) is 0 Å². The molecule has 20 heavy (non-hydrogen) atoms. The first-order chi connectivity index (χ1) is 9.21. The average molecular weight is 296 g/mol. The summed E-state index contributed by atoms with van der Waals surface area (Å²) in [6, 6.07) is 2.35. The molecule has 3 nitrogen and oxygen atoms in total. The average Bonchev–Trinajstić information content (AvgIpc) is 2.54. The van der Waals surface area contributed by atoms with Gasteiger partial charge in [-0.2, -0.15) is 0 Å². The van der Waals surface area contributed by atoms with Gasteiger partial charge in [0, 0.05) is 35.9 Å². The molecule has 1 aliphatic heterocycles. The lowest BCUT2D eigenvalue weighted by atomic mass is 9.98. The van der Waals surface area contributed by atoms with Crippen molar-refractivity contribution in [3.63, 3.8) is 0 Å². The zero-order valence-corrected chi connectivity index (χ0v) is 14.5. The molecule has 0 saturated carbocycles. The van der Waals surface area contributed by atoms with E-state index in [4.69, 9.17) is 4.74 Å². The Hall–Kier alpha value is -0.420. The molecule has 0 amide bonds. The minimum atomic E-state index is -0.0700. The van der Waals surface area contributed by atoms with Gasteiger partial charge >= 0.3 is 0 Å². The number of morpholine rings is 1. The third-order valence-corrected chi connectivity index (χ3v) is 4.67. The van der Waals surface area contributed by atoms with Gasteiger partial charge in [0.2, 0.25) is 0 Å². The van der Waals surface area contributed by atoms with Gasteiger partial charge in [0.15, 0.2) is 0 Å². The summed E-state index contributed by atoms with van der Waals surface area (Å²) in [4.78, 5) is 5.39. The van der Waals surface area contributed by atoms with Crippen molar-refractivity contribution < 1.29 is 4.74 Å². The first-order valence-electron chi connectivity index (χ1n) is 7.36. The molecule has 1 aromatic rings. The predicted octanol–water partition coefficient (Wildman–Crippen LogP) is 3.17. The van der Waals surface area contributed by atoms with Gasteiger partial charge in [-0.25, -0.2) is 0 Å². The Labute approximate surface area is 127 Å². The summed E-state index contributed by atoms with van der Waals surface area (Å²) in [5, 5.41) is 3.23. The van der Waals surface area contributed by atoms with Gasteiger partial charge in [0.05, 0.1) is 11.2 Å². The standard InChI is InChI=1S/C16H28N2OS/c1-12-13(7-14(20-12)8-17-6)9-18-10-15(2,3)19-16(4,5)11-18/h7,17H,8-11H2,1-6H3. The third-order valence-electron chi connectivity index (χ3n) is 3.58. The van der Waals surface area contributed by atoms with Crippen LogP contribution in [0.3, 0.4) is 0 Å². The van der Waals surface area contributed by atoms with E-state index in [-0.39, 0.29) is 11.2 Å². The predicted molar refractivity (Wildman–Crippen MR) is 86.3 cm³/mol. The molecule has 1 N–H and O–H groups in total. The SMILES string of the molecule is CNCc1cc(CN2CC(C)(C)OC(C)(C)C2)c(C)s1. The number of nitrogens with zero attached hydrogens (tertiary/aromatic N) is 1. The van der Waals surface area contributed by atoms with Gasteiger partial charge in [0.25, 0.3) is 0 Å². The van der Waals surface area contributed by atoms with Crippen LogP contribution >= 0.6 is 11.3 Å². The fourth-order valence-corrected chi connectivity index (χ4v) is 4.37.